The van der Waals surface area contributed by atoms with E-state index in [0.717, 1.165) is 10.9 Å². The van der Waals surface area contributed by atoms with Gasteiger partial charge < -0.3 is 15.2 Å². The van der Waals surface area contributed by atoms with Crippen molar-refractivity contribution < 1.29 is 19.4 Å². The van der Waals surface area contributed by atoms with Gasteiger partial charge in [0.2, 0.25) is 5.91 Å². The van der Waals surface area contributed by atoms with Crippen molar-refractivity contribution in [1.82, 2.24) is 0 Å². The molecule has 0 aliphatic carbocycles. The number of amides is 1. The lowest BCUT2D eigenvalue weighted by Gasteiger charge is -2.10. The highest BCUT2D eigenvalue weighted by Gasteiger charge is 2.15. The minimum atomic E-state index is -0.259. The zero-order valence-electron chi connectivity index (χ0n) is 15.3. The summed E-state index contributed by atoms with van der Waals surface area (Å²) in [6.07, 6.45) is 0.146. The fraction of sp³-hybridized carbons (Fsp3) is 0.182. The number of hydrogen-bond donors (Lipinski definition) is 2. The summed E-state index contributed by atoms with van der Waals surface area (Å²) < 4.78 is 5.24. The normalized spacial score (nSPS) is 10.6. The topological polar surface area (TPSA) is 75.6 Å². The smallest absolute Gasteiger partial charge is 0.224 e. The monoisotopic (exact) mass is 363 g/mol. The van der Waals surface area contributed by atoms with Gasteiger partial charge in [0.1, 0.15) is 11.5 Å². The van der Waals surface area contributed by atoms with E-state index in [1.807, 2.05) is 19.1 Å². The molecule has 0 aliphatic rings. The van der Waals surface area contributed by atoms with Crippen LogP contribution in [0.2, 0.25) is 0 Å². The molecule has 0 saturated carbocycles. The average molecular weight is 363 g/mol. The largest absolute Gasteiger partial charge is 0.507 e. The van der Waals surface area contributed by atoms with Crippen LogP contribution in [0.3, 0.4) is 0 Å². The summed E-state index contributed by atoms with van der Waals surface area (Å²) in [5, 5.41) is 14.2. The van der Waals surface area contributed by atoms with Crippen molar-refractivity contribution in [1.29, 1.82) is 0 Å². The SMILES string of the molecule is COc1ccc(C)cc1C(=O)CCC(=O)Nc1cccc2c(O)cccc12. The Labute approximate surface area is 157 Å². The maximum absolute atomic E-state index is 12.5. The fourth-order valence-electron chi connectivity index (χ4n) is 3.02. The van der Waals surface area contributed by atoms with E-state index in [9.17, 15) is 14.7 Å². The second-order valence-electron chi connectivity index (χ2n) is 6.35. The van der Waals surface area contributed by atoms with Gasteiger partial charge in [-0.3, -0.25) is 9.59 Å². The first-order valence-electron chi connectivity index (χ1n) is 8.68. The van der Waals surface area contributed by atoms with E-state index in [1.165, 1.54) is 7.11 Å². The molecule has 0 atom stereocenters. The van der Waals surface area contributed by atoms with E-state index >= 15 is 0 Å². The Balaban J connectivity index is 1.70. The quantitative estimate of drug-likeness (QED) is 0.634. The van der Waals surface area contributed by atoms with Crippen molar-refractivity contribution in [3.8, 4) is 11.5 Å². The Morgan fingerprint density at radius 1 is 1.00 bits per heavy atom. The minimum absolute atomic E-state index is 0.0606. The lowest BCUT2D eigenvalue weighted by molar-refractivity contribution is -0.116. The van der Waals surface area contributed by atoms with Crippen molar-refractivity contribution in [2.45, 2.75) is 19.8 Å². The summed E-state index contributed by atoms with van der Waals surface area (Å²) in [6.45, 7) is 1.90. The number of carbonyl (C=O) groups is 2. The number of ketones is 1. The van der Waals surface area contributed by atoms with Gasteiger partial charge in [0.25, 0.3) is 0 Å². The van der Waals surface area contributed by atoms with Crippen LogP contribution >= 0.6 is 0 Å². The van der Waals surface area contributed by atoms with Crippen LogP contribution in [-0.4, -0.2) is 23.9 Å². The predicted octanol–water partition coefficient (Wildman–Crippen LogP) is 4.46. The fourth-order valence-corrected chi connectivity index (χ4v) is 3.02. The number of fused-ring (bicyclic) bond motifs is 1. The van der Waals surface area contributed by atoms with Crippen LogP contribution in [-0.2, 0) is 4.79 Å². The van der Waals surface area contributed by atoms with Gasteiger partial charge in [-0.25, -0.2) is 0 Å². The first-order valence-corrected chi connectivity index (χ1v) is 8.68. The lowest BCUT2D eigenvalue weighted by Crippen LogP contribution is -2.14. The van der Waals surface area contributed by atoms with E-state index in [1.54, 1.807) is 42.5 Å². The molecule has 138 valence electrons. The first kappa shape index (κ1) is 18.5. The van der Waals surface area contributed by atoms with Gasteiger partial charge in [-0.2, -0.15) is 0 Å². The van der Waals surface area contributed by atoms with Crippen LogP contribution in [0.25, 0.3) is 10.8 Å². The van der Waals surface area contributed by atoms with Gasteiger partial charge in [0.15, 0.2) is 5.78 Å². The number of ether oxygens (including phenoxy) is 1. The third-order valence-electron chi connectivity index (χ3n) is 4.41. The van der Waals surface area contributed by atoms with Gasteiger partial charge >= 0.3 is 0 Å². The van der Waals surface area contributed by atoms with Gasteiger partial charge in [0, 0.05) is 29.3 Å². The molecule has 1 amide bonds. The maximum atomic E-state index is 12.5. The van der Waals surface area contributed by atoms with Crippen LogP contribution in [0, 0.1) is 6.92 Å². The molecule has 0 spiro atoms. The highest BCUT2D eigenvalue weighted by atomic mass is 16.5. The molecule has 0 fully saturated rings. The first-order chi connectivity index (χ1) is 13.0. The number of hydrogen-bond acceptors (Lipinski definition) is 4. The number of aryl methyl sites for hydroxylation is 1. The molecular formula is C22H21NO4. The summed E-state index contributed by atoms with van der Waals surface area (Å²) in [6, 6.07) is 15.9. The number of rotatable bonds is 6. The van der Waals surface area contributed by atoms with Gasteiger partial charge in [-0.15, -0.1) is 0 Å². The highest BCUT2D eigenvalue weighted by Crippen LogP contribution is 2.30. The Kier molecular flexibility index (Phi) is 5.41. The Morgan fingerprint density at radius 3 is 2.52 bits per heavy atom. The molecule has 27 heavy (non-hydrogen) atoms. The predicted molar refractivity (Wildman–Crippen MR) is 106 cm³/mol. The van der Waals surface area contributed by atoms with Crippen LogP contribution in [0.4, 0.5) is 5.69 Å². The van der Waals surface area contributed by atoms with Crippen LogP contribution in [0.15, 0.2) is 54.6 Å². The zero-order chi connectivity index (χ0) is 19.4. The third-order valence-corrected chi connectivity index (χ3v) is 4.41. The van der Waals surface area contributed by atoms with Crippen molar-refractivity contribution in [2.24, 2.45) is 0 Å². The molecule has 0 aromatic heterocycles. The summed E-state index contributed by atoms with van der Waals surface area (Å²) in [5.41, 5.74) is 2.05. The second-order valence-corrected chi connectivity index (χ2v) is 6.35. The number of methoxy groups -OCH3 is 1. The summed E-state index contributed by atoms with van der Waals surface area (Å²) in [4.78, 5) is 24.8. The Morgan fingerprint density at radius 2 is 1.74 bits per heavy atom. The summed E-state index contributed by atoms with van der Waals surface area (Å²) >= 11 is 0. The molecule has 0 bridgehead atoms. The molecule has 5 nitrogen and oxygen atoms in total. The van der Waals surface area contributed by atoms with E-state index in [0.29, 0.717) is 22.4 Å². The maximum Gasteiger partial charge on any atom is 0.224 e. The number of phenols is 1. The van der Waals surface area contributed by atoms with E-state index in [-0.39, 0.29) is 30.3 Å². The standard InChI is InChI=1S/C22H21NO4/c1-14-9-11-21(27-2)17(13-14)20(25)10-12-22(26)23-18-7-3-6-16-15(18)5-4-8-19(16)24/h3-9,11,13,24H,10,12H2,1-2H3,(H,23,26). The van der Waals surface area contributed by atoms with Gasteiger partial charge in [-0.1, -0.05) is 35.9 Å². The molecule has 0 unspecified atom stereocenters. The molecule has 2 N–H and O–H groups in total. The van der Waals surface area contributed by atoms with Crippen molar-refractivity contribution in [3.05, 3.63) is 65.7 Å². The number of benzene rings is 3. The molecule has 0 saturated heterocycles. The van der Waals surface area contributed by atoms with Crippen molar-refractivity contribution >= 4 is 28.2 Å². The Hall–Kier alpha value is -3.34. The summed E-state index contributed by atoms with van der Waals surface area (Å²) in [7, 11) is 1.52. The Bertz CT molecular complexity index is 1010. The molecule has 3 aromatic rings. The molecule has 5 heteroatoms. The number of Topliss-reactive ketones (excluding diaryl/α,β-unsaturated/α-hetero) is 1. The van der Waals surface area contributed by atoms with Crippen molar-refractivity contribution in [2.75, 3.05) is 12.4 Å². The molecular weight excluding hydrogens is 342 g/mol. The van der Waals surface area contributed by atoms with Crippen molar-refractivity contribution in [3.63, 3.8) is 0 Å². The number of aromatic hydroxyl groups is 1. The lowest BCUT2D eigenvalue weighted by atomic mass is 10.0. The zero-order valence-corrected chi connectivity index (χ0v) is 15.3. The van der Waals surface area contributed by atoms with Gasteiger partial charge in [-0.05, 0) is 31.2 Å². The average Bonchev–Trinajstić information content (AvgIpc) is 2.67. The van der Waals surface area contributed by atoms with E-state index in [2.05, 4.69) is 5.32 Å². The number of nitrogens with one attached hydrogen (secondary N) is 1. The number of carbonyl (C=O) groups excluding carboxylic acids is 2. The van der Waals surface area contributed by atoms with Crippen LogP contribution in [0.1, 0.15) is 28.8 Å². The molecule has 0 heterocycles. The van der Waals surface area contributed by atoms with E-state index in [4.69, 9.17) is 4.74 Å². The van der Waals surface area contributed by atoms with E-state index < -0.39 is 0 Å². The molecule has 3 rings (SSSR count). The molecule has 3 aromatic carbocycles. The van der Waals surface area contributed by atoms with Crippen LogP contribution < -0.4 is 10.1 Å². The number of anilines is 1. The summed E-state index contributed by atoms with van der Waals surface area (Å²) in [5.74, 6) is 0.271. The van der Waals surface area contributed by atoms with Gasteiger partial charge in [0.05, 0.1) is 12.7 Å². The second kappa shape index (κ2) is 7.91. The molecule has 0 radical (unpaired) electrons. The minimum Gasteiger partial charge on any atom is -0.507 e. The molecule has 0 aliphatic heterocycles. The third kappa shape index (κ3) is 4.08. The van der Waals surface area contributed by atoms with Crippen LogP contribution in [0.5, 0.6) is 11.5 Å². The highest BCUT2D eigenvalue weighted by molar-refractivity contribution is 6.06. The number of phenolic OH excluding ortho intramolecular Hbond substituents is 1.